The summed E-state index contributed by atoms with van der Waals surface area (Å²) < 4.78 is 36.0. The lowest BCUT2D eigenvalue weighted by Gasteiger charge is -2.21. The van der Waals surface area contributed by atoms with E-state index in [0.717, 1.165) is 21.7 Å². The summed E-state index contributed by atoms with van der Waals surface area (Å²) in [6.07, 6.45) is 1.01. The summed E-state index contributed by atoms with van der Waals surface area (Å²) in [7, 11) is -0.574. The summed E-state index contributed by atoms with van der Waals surface area (Å²) >= 11 is 1.55. The summed E-state index contributed by atoms with van der Waals surface area (Å²) in [6, 6.07) is 34.5. The van der Waals surface area contributed by atoms with E-state index in [4.69, 9.17) is 9.05 Å². The number of likely N-dealkylation sites (N-methyl/N-ethyl adjacent to an activating group) is 2. The van der Waals surface area contributed by atoms with Crippen molar-refractivity contribution in [3.05, 3.63) is 155 Å². The maximum absolute atomic E-state index is 12.8. The van der Waals surface area contributed by atoms with Crippen LogP contribution in [0.25, 0.3) is 0 Å². The molecule has 6 aromatic rings. The van der Waals surface area contributed by atoms with Crippen molar-refractivity contribution in [1.82, 2.24) is 20.9 Å². The van der Waals surface area contributed by atoms with Crippen LogP contribution in [0.1, 0.15) is 43.6 Å². The van der Waals surface area contributed by atoms with Crippen LogP contribution in [0.2, 0.25) is 0 Å². The number of anilines is 2. The highest BCUT2D eigenvalue weighted by Crippen LogP contribution is 2.33. The van der Waals surface area contributed by atoms with Gasteiger partial charge in [-0.05, 0) is 35.4 Å². The molecule has 0 saturated carbocycles. The van der Waals surface area contributed by atoms with Gasteiger partial charge in [0.05, 0.1) is 22.0 Å². The first-order valence-corrected chi connectivity index (χ1v) is 20.8. The monoisotopic (exact) mass is 818 g/mol. The zero-order valence-corrected chi connectivity index (χ0v) is 33.0. The molecule has 58 heavy (non-hydrogen) atoms. The largest absolute Gasteiger partial charge is 0.360 e. The van der Waals surface area contributed by atoms with Gasteiger partial charge < -0.3 is 29.5 Å². The van der Waals surface area contributed by atoms with Crippen LogP contribution in [0.3, 0.4) is 0 Å². The van der Waals surface area contributed by atoms with Crippen molar-refractivity contribution in [3.63, 3.8) is 0 Å². The molecule has 4 amide bonds. The van der Waals surface area contributed by atoms with Crippen LogP contribution in [0.15, 0.2) is 140 Å². The second-order valence-corrected chi connectivity index (χ2v) is 16.6. The zero-order chi connectivity index (χ0) is 40.8. The van der Waals surface area contributed by atoms with Crippen LogP contribution in [-0.2, 0) is 32.3 Å². The number of aromatic nitrogens is 2. The molecule has 2 aliphatic heterocycles. The van der Waals surface area contributed by atoms with E-state index in [-0.39, 0.29) is 27.9 Å². The van der Waals surface area contributed by atoms with Gasteiger partial charge in [-0.3, -0.25) is 19.2 Å². The van der Waals surface area contributed by atoms with Crippen molar-refractivity contribution in [2.75, 3.05) is 35.4 Å². The summed E-state index contributed by atoms with van der Waals surface area (Å²) in [5.41, 5.74) is 3.35. The molecule has 8 rings (SSSR count). The van der Waals surface area contributed by atoms with Crippen molar-refractivity contribution in [2.24, 2.45) is 0 Å². The van der Waals surface area contributed by atoms with Crippen LogP contribution in [-0.4, -0.2) is 80.0 Å². The second kappa shape index (κ2) is 17.3. The molecule has 296 valence electrons. The summed E-state index contributed by atoms with van der Waals surface area (Å²) in [5.74, 6) is -0.761. The van der Waals surface area contributed by atoms with E-state index >= 15 is 0 Å². The number of carbonyl (C=O) groups excluding carboxylic acids is 4. The average molecular weight is 819 g/mol. The number of thioether (sulfide) groups is 1. The first-order chi connectivity index (χ1) is 28.0. The third kappa shape index (κ3) is 9.03. The van der Waals surface area contributed by atoms with Crippen LogP contribution < -0.4 is 20.4 Å². The predicted octanol–water partition coefficient (Wildman–Crippen LogP) is 4.95. The fourth-order valence-electron chi connectivity index (χ4n) is 6.46. The maximum atomic E-state index is 12.8. The van der Waals surface area contributed by atoms with Gasteiger partial charge in [-0.1, -0.05) is 95.2 Å². The number of sulfone groups is 1. The Balaban J connectivity index is 0.000000177. The minimum atomic E-state index is -3.78. The van der Waals surface area contributed by atoms with Crippen molar-refractivity contribution in [2.45, 2.75) is 34.7 Å². The summed E-state index contributed by atoms with van der Waals surface area (Å²) in [5, 5.41) is 12.9. The van der Waals surface area contributed by atoms with E-state index < -0.39 is 45.4 Å². The molecule has 0 saturated heterocycles. The van der Waals surface area contributed by atoms with Gasteiger partial charge in [0.1, 0.15) is 23.6 Å². The molecule has 14 nitrogen and oxygen atoms in total. The third-order valence-corrected chi connectivity index (χ3v) is 12.4. The van der Waals surface area contributed by atoms with Crippen LogP contribution in [0.5, 0.6) is 0 Å². The molecule has 2 atom stereocenters. The van der Waals surface area contributed by atoms with Crippen LogP contribution in [0, 0.1) is 0 Å². The number of carbonyl (C=O) groups is 4. The third-order valence-electron chi connectivity index (χ3n) is 9.47. The molecule has 16 heteroatoms. The average Bonchev–Trinajstić information content (AvgIpc) is 3.88. The van der Waals surface area contributed by atoms with Gasteiger partial charge in [-0.2, -0.15) is 0 Å². The van der Waals surface area contributed by atoms with Crippen molar-refractivity contribution < 1.29 is 36.6 Å². The standard InChI is InChI=1S/C21H19N3O5S.C21H19N3O3S/c1-24-18-9-5-6-10-19(18)30(27,28)13-17(21(24)26)22-20(25)16-12-15(29-23-16)11-14-7-3-2-4-8-14;1-24-18-9-5-6-10-19(18)28-13-17(21(24)26)22-20(25)16-12-15(27-23-16)11-14-7-3-2-4-8-14/h2-10,12,17H,11,13H2,1H3,(H,22,25);2-10,12,17H,11,13H2,1H3,(H,22,25)/t2*17-/m00/s1. The Morgan fingerprint density at radius 1 is 0.672 bits per heavy atom. The van der Waals surface area contributed by atoms with E-state index in [9.17, 15) is 27.6 Å². The molecule has 0 spiro atoms. The molecular weight excluding hydrogens is 781 g/mol. The number of para-hydroxylation sites is 2. The van der Waals surface area contributed by atoms with Crippen molar-refractivity contribution in [1.29, 1.82) is 0 Å². The number of fused-ring (bicyclic) bond motifs is 2. The van der Waals surface area contributed by atoms with E-state index in [1.807, 2.05) is 84.9 Å². The number of rotatable bonds is 8. The number of nitrogens with zero attached hydrogens (tertiary/aromatic N) is 4. The molecule has 4 aromatic carbocycles. The first kappa shape index (κ1) is 39.7. The van der Waals surface area contributed by atoms with Gasteiger partial charge in [0, 0.05) is 49.7 Å². The molecule has 0 radical (unpaired) electrons. The van der Waals surface area contributed by atoms with Gasteiger partial charge in [-0.15, -0.1) is 11.8 Å². The van der Waals surface area contributed by atoms with E-state index in [2.05, 4.69) is 20.9 Å². The number of hydrogen-bond acceptors (Lipinski definition) is 11. The Labute approximate surface area is 338 Å². The SMILES string of the molecule is CN1C(=O)[C@@H](NC(=O)c2cc(Cc3ccccc3)on2)CS(=O)(=O)c2ccccc21.CN1C(=O)[C@@H](NC(=O)c2cc(Cc3ccccc3)on2)CSc2ccccc21. The molecule has 0 aliphatic carbocycles. The highest BCUT2D eigenvalue weighted by atomic mass is 32.2. The highest BCUT2D eigenvalue weighted by molar-refractivity contribution is 7.99. The Morgan fingerprint density at radius 3 is 1.72 bits per heavy atom. The lowest BCUT2D eigenvalue weighted by molar-refractivity contribution is -0.120. The minimum absolute atomic E-state index is 0.0180. The predicted molar refractivity (Wildman–Crippen MR) is 216 cm³/mol. The Kier molecular flexibility index (Phi) is 11.9. The van der Waals surface area contributed by atoms with Gasteiger partial charge in [0.15, 0.2) is 21.2 Å². The smallest absolute Gasteiger partial charge is 0.274 e. The normalized spacial score (nSPS) is 17.1. The lowest BCUT2D eigenvalue weighted by atomic mass is 10.1. The summed E-state index contributed by atoms with van der Waals surface area (Å²) in [6.45, 7) is 0. The maximum Gasteiger partial charge on any atom is 0.274 e. The topological polar surface area (TPSA) is 185 Å². The Morgan fingerprint density at radius 2 is 1.14 bits per heavy atom. The van der Waals surface area contributed by atoms with Gasteiger partial charge >= 0.3 is 0 Å². The Bertz CT molecular complexity index is 2560. The van der Waals surface area contributed by atoms with Gasteiger partial charge in [0.25, 0.3) is 11.8 Å². The molecular formula is C42H38N6O8S2. The van der Waals surface area contributed by atoms with Crippen molar-refractivity contribution >= 4 is 56.6 Å². The fraction of sp³-hybridized carbons (Fsp3) is 0.190. The quantitative estimate of drug-likeness (QED) is 0.212. The first-order valence-electron chi connectivity index (χ1n) is 18.2. The van der Waals surface area contributed by atoms with Crippen LogP contribution in [0.4, 0.5) is 11.4 Å². The highest BCUT2D eigenvalue weighted by Gasteiger charge is 2.37. The second-order valence-electron chi connectivity index (χ2n) is 13.6. The molecule has 4 heterocycles. The molecule has 0 bridgehead atoms. The number of benzene rings is 4. The Hall–Kier alpha value is -6.52. The van der Waals surface area contributed by atoms with E-state index in [0.29, 0.717) is 30.1 Å². The van der Waals surface area contributed by atoms with Crippen LogP contribution >= 0.6 is 11.8 Å². The van der Waals surface area contributed by atoms with E-state index in [1.165, 1.54) is 24.1 Å². The number of nitrogens with one attached hydrogen (secondary N) is 2. The lowest BCUT2D eigenvalue weighted by Crippen LogP contribution is -2.49. The number of amides is 4. The molecule has 2 N–H and O–H groups in total. The van der Waals surface area contributed by atoms with Crippen molar-refractivity contribution in [3.8, 4) is 0 Å². The zero-order valence-electron chi connectivity index (χ0n) is 31.4. The summed E-state index contributed by atoms with van der Waals surface area (Å²) in [4.78, 5) is 54.7. The molecule has 0 unspecified atom stereocenters. The van der Waals surface area contributed by atoms with E-state index in [1.54, 1.807) is 48.0 Å². The minimum Gasteiger partial charge on any atom is -0.360 e. The molecule has 0 fully saturated rings. The fourth-order valence-corrected chi connectivity index (χ4v) is 9.21. The molecule has 2 aliphatic rings. The molecule has 2 aromatic heterocycles. The number of hydrogen-bond donors (Lipinski definition) is 2. The van der Waals surface area contributed by atoms with Gasteiger partial charge in [-0.25, -0.2) is 8.42 Å². The van der Waals surface area contributed by atoms with Gasteiger partial charge in [0.2, 0.25) is 11.8 Å².